The smallest absolute Gasteiger partial charge is 0.313 e. The summed E-state index contributed by atoms with van der Waals surface area (Å²) in [7, 11) is 0. The lowest BCUT2D eigenvalue weighted by atomic mass is 10.2. The number of nitrogens with zero attached hydrogens (tertiary/aromatic N) is 4. The summed E-state index contributed by atoms with van der Waals surface area (Å²) in [5.74, 6) is -0.405. The maximum absolute atomic E-state index is 10.8. The van der Waals surface area contributed by atoms with Crippen molar-refractivity contribution in [2.75, 3.05) is 5.75 Å². The molecule has 0 fully saturated rings. The summed E-state index contributed by atoms with van der Waals surface area (Å²) in [4.78, 5) is 19.3. The van der Waals surface area contributed by atoms with E-state index < -0.39 is 5.97 Å². The standard InChI is InChI=1S/C13H12N4O3S/c1-8-3-2-4-9-12(8)15-13(21-6-11(18)19)17(9)5-10-14-7-20-16-10/h2-4,7H,5-6H2,1H3,(H,18,19). The summed E-state index contributed by atoms with van der Waals surface area (Å²) in [6.45, 7) is 2.36. The van der Waals surface area contributed by atoms with Gasteiger partial charge in [-0.2, -0.15) is 4.98 Å². The molecule has 2 heterocycles. The third-order valence-electron chi connectivity index (χ3n) is 2.98. The molecule has 0 radical (unpaired) electrons. The Bertz CT molecular complexity index is 782. The molecule has 7 nitrogen and oxygen atoms in total. The highest BCUT2D eigenvalue weighted by atomic mass is 32.2. The van der Waals surface area contributed by atoms with E-state index in [2.05, 4.69) is 15.1 Å². The lowest BCUT2D eigenvalue weighted by Crippen LogP contribution is -2.05. The number of carboxylic acids is 1. The number of hydrogen-bond donors (Lipinski definition) is 1. The topological polar surface area (TPSA) is 94.0 Å². The maximum Gasteiger partial charge on any atom is 0.313 e. The average molecular weight is 304 g/mol. The Hall–Kier alpha value is -2.35. The summed E-state index contributed by atoms with van der Waals surface area (Å²) in [6.07, 6.45) is 1.27. The van der Waals surface area contributed by atoms with Gasteiger partial charge in [-0.05, 0) is 18.6 Å². The van der Waals surface area contributed by atoms with Crippen LogP contribution in [0.3, 0.4) is 0 Å². The number of carboxylic acid groups (broad SMARTS) is 1. The number of aliphatic carboxylic acids is 1. The number of hydrogen-bond acceptors (Lipinski definition) is 6. The summed E-state index contributed by atoms with van der Waals surface area (Å²) in [5.41, 5.74) is 2.82. The highest BCUT2D eigenvalue weighted by Crippen LogP contribution is 2.26. The molecular formula is C13H12N4O3S. The Morgan fingerprint density at radius 3 is 3.05 bits per heavy atom. The maximum atomic E-state index is 10.8. The van der Waals surface area contributed by atoms with Gasteiger partial charge in [-0.25, -0.2) is 4.98 Å². The van der Waals surface area contributed by atoms with Crippen LogP contribution in [-0.4, -0.2) is 36.5 Å². The van der Waals surface area contributed by atoms with E-state index in [0.717, 1.165) is 16.6 Å². The second kappa shape index (κ2) is 5.57. The third kappa shape index (κ3) is 2.75. The molecule has 0 aliphatic carbocycles. The normalized spacial score (nSPS) is 11.1. The number of aryl methyl sites for hydroxylation is 1. The van der Waals surface area contributed by atoms with Gasteiger partial charge in [-0.1, -0.05) is 29.1 Å². The minimum atomic E-state index is -0.880. The highest BCUT2D eigenvalue weighted by Gasteiger charge is 2.15. The molecule has 0 saturated heterocycles. The van der Waals surface area contributed by atoms with Crippen LogP contribution in [0, 0.1) is 6.92 Å². The van der Waals surface area contributed by atoms with Gasteiger partial charge in [0.15, 0.2) is 11.0 Å². The first-order valence-electron chi connectivity index (χ1n) is 6.21. The van der Waals surface area contributed by atoms with E-state index >= 15 is 0 Å². The van der Waals surface area contributed by atoms with Crippen molar-refractivity contribution in [3.63, 3.8) is 0 Å². The van der Waals surface area contributed by atoms with Crippen molar-refractivity contribution in [2.45, 2.75) is 18.6 Å². The zero-order chi connectivity index (χ0) is 14.8. The number of benzene rings is 1. The van der Waals surface area contributed by atoms with E-state index in [1.165, 1.54) is 18.2 Å². The van der Waals surface area contributed by atoms with Crippen molar-refractivity contribution in [1.29, 1.82) is 0 Å². The number of rotatable bonds is 5. The fourth-order valence-corrected chi connectivity index (χ4v) is 2.79. The quantitative estimate of drug-likeness (QED) is 0.720. The number of imidazole rings is 1. The zero-order valence-corrected chi connectivity index (χ0v) is 12.0. The fourth-order valence-electron chi connectivity index (χ4n) is 2.06. The Morgan fingerprint density at radius 1 is 1.48 bits per heavy atom. The van der Waals surface area contributed by atoms with Crippen molar-refractivity contribution in [2.24, 2.45) is 0 Å². The van der Waals surface area contributed by atoms with Gasteiger partial charge in [0.1, 0.15) is 0 Å². The first-order valence-corrected chi connectivity index (χ1v) is 7.19. The predicted octanol–water partition coefficient (Wildman–Crippen LogP) is 1.95. The van der Waals surface area contributed by atoms with Crippen molar-refractivity contribution in [3.05, 3.63) is 36.0 Å². The molecule has 1 N–H and O–H groups in total. The summed E-state index contributed by atoms with van der Waals surface area (Å²) in [5, 5.41) is 13.3. The molecule has 0 bridgehead atoms. The lowest BCUT2D eigenvalue weighted by molar-refractivity contribution is -0.133. The Labute approximate surface area is 124 Å². The molecule has 0 atom stereocenters. The monoisotopic (exact) mass is 304 g/mol. The molecule has 3 rings (SSSR count). The van der Waals surface area contributed by atoms with Gasteiger partial charge in [-0.3, -0.25) is 4.79 Å². The molecule has 0 aliphatic heterocycles. The molecule has 0 aliphatic rings. The van der Waals surface area contributed by atoms with Crippen LogP contribution < -0.4 is 0 Å². The van der Waals surface area contributed by atoms with Gasteiger partial charge in [0.25, 0.3) is 0 Å². The minimum absolute atomic E-state index is 0.0470. The number of thioether (sulfide) groups is 1. The van der Waals surface area contributed by atoms with E-state index in [4.69, 9.17) is 9.63 Å². The Balaban J connectivity index is 2.06. The zero-order valence-electron chi connectivity index (χ0n) is 11.2. The molecule has 21 heavy (non-hydrogen) atoms. The number of aromatic nitrogens is 4. The molecule has 0 amide bonds. The molecule has 3 aromatic rings. The first kappa shape index (κ1) is 13.6. The number of carbonyl (C=O) groups is 1. The van der Waals surface area contributed by atoms with Crippen molar-refractivity contribution in [1.82, 2.24) is 19.7 Å². The van der Waals surface area contributed by atoms with E-state index in [9.17, 15) is 4.79 Å². The van der Waals surface area contributed by atoms with Gasteiger partial charge in [0, 0.05) is 0 Å². The molecular weight excluding hydrogens is 292 g/mol. The summed E-state index contributed by atoms with van der Waals surface area (Å²) >= 11 is 1.18. The second-order valence-electron chi connectivity index (χ2n) is 4.45. The van der Waals surface area contributed by atoms with Gasteiger partial charge < -0.3 is 14.2 Å². The molecule has 1 aromatic carbocycles. The van der Waals surface area contributed by atoms with E-state index in [0.29, 0.717) is 17.5 Å². The van der Waals surface area contributed by atoms with Crippen LogP contribution in [0.5, 0.6) is 0 Å². The van der Waals surface area contributed by atoms with Gasteiger partial charge in [0.05, 0.1) is 23.3 Å². The molecule has 108 valence electrons. The second-order valence-corrected chi connectivity index (χ2v) is 5.40. The van der Waals surface area contributed by atoms with Gasteiger partial charge in [0.2, 0.25) is 6.39 Å². The summed E-state index contributed by atoms with van der Waals surface area (Å²) in [6, 6.07) is 5.86. The Kier molecular flexibility index (Phi) is 3.61. The average Bonchev–Trinajstić information content (AvgIpc) is 3.07. The lowest BCUT2D eigenvalue weighted by Gasteiger charge is -2.05. The number of para-hydroxylation sites is 1. The van der Waals surface area contributed by atoms with Crippen molar-refractivity contribution in [3.8, 4) is 0 Å². The van der Waals surface area contributed by atoms with Crippen LogP contribution in [0.15, 0.2) is 34.3 Å². The molecule has 0 saturated carbocycles. The van der Waals surface area contributed by atoms with Crippen LogP contribution in [0.2, 0.25) is 0 Å². The van der Waals surface area contributed by atoms with Gasteiger partial charge in [-0.15, -0.1) is 0 Å². The van der Waals surface area contributed by atoms with Gasteiger partial charge >= 0.3 is 5.97 Å². The van der Waals surface area contributed by atoms with Crippen LogP contribution in [0.25, 0.3) is 11.0 Å². The SMILES string of the molecule is Cc1cccc2c1nc(SCC(=O)O)n2Cc1ncon1. The Morgan fingerprint density at radius 2 is 2.33 bits per heavy atom. The predicted molar refractivity (Wildman–Crippen MR) is 76.2 cm³/mol. The van der Waals surface area contributed by atoms with Crippen LogP contribution in [-0.2, 0) is 11.3 Å². The van der Waals surface area contributed by atoms with Crippen LogP contribution in [0.1, 0.15) is 11.4 Å². The molecule has 0 unspecified atom stereocenters. The van der Waals surface area contributed by atoms with E-state index in [-0.39, 0.29) is 5.75 Å². The highest BCUT2D eigenvalue weighted by molar-refractivity contribution is 7.99. The first-order chi connectivity index (χ1) is 10.1. The van der Waals surface area contributed by atoms with Crippen LogP contribution >= 0.6 is 11.8 Å². The van der Waals surface area contributed by atoms with Crippen molar-refractivity contribution >= 4 is 28.8 Å². The fraction of sp³-hybridized carbons (Fsp3) is 0.231. The third-order valence-corrected chi connectivity index (χ3v) is 3.94. The summed E-state index contributed by atoms with van der Waals surface area (Å²) < 4.78 is 6.64. The minimum Gasteiger partial charge on any atom is -0.481 e. The number of fused-ring (bicyclic) bond motifs is 1. The molecule has 8 heteroatoms. The van der Waals surface area contributed by atoms with Crippen molar-refractivity contribution < 1.29 is 14.4 Å². The van der Waals surface area contributed by atoms with E-state index in [1.54, 1.807) is 0 Å². The molecule has 2 aromatic heterocycles. The molecule has 0 spiro atoms. The van der Waals surface area contributed by atoms with E-state index in [1.807, 2.05) is 29.7 Å². The van der Waals surface area contributed by atoms with Crippen LogP contribution in [0.4, 0.5) is 0 Å². The largest absolute Gasteiger partial charge is 0.481 e.